The molecule has 306 valence electrons. The highest BCUT2D eigenvalue weighted by Gasteiger charge is 2.23. The van der Waals surface area contributed by atoms with E-state index in [1.54, 1.807) is 42.5 Å². The Balaban J connectivity index is 4.30. The Labute approximate surface area is 319 Å². The number of hydrogen-bond acceptors (Lipinski definition) is 9. The molecule has 0 spiro atoms. The zero-order chi connectivity index (χ0) is 39.4. The normalized spacial score (nSPS) is 14.9. The number of aliphatic hydroxyl groups excluding tert-OH is 3. The van der Waals surface area contributed by atoms with Gasteiger partial charge in [0, 0.05) is 12.8 Å². The molecule has 0 aliphatic heterocycles. The Bertz CT molecular complexity index is 1100. The van der Waals surface area contributed by atoms with E-state index in [9.17, 15) is 29.5 Å². The molecule has 4 atom stereocenters. The van der Waals surface area contributed by atoms with Gasteiger partial charge in [-0.2, -0.15) is 0 Å². The number of aliphatic hydroxyl groups is 3. The molecular weight excluding hydrogens is 699 g/mol. The average Bonchev–Trinajstić information content (AvgIpc) is 3.11. The van der Waals surface area contributed by atoms with Gasteiger partial charge in [0.1, 0.15) is 6.61 Å². The number of rotatable bonds is 35. The summed E-state index contributed by atoms with van der Waals surface area (Å²) < 4.78 is 26.1. The predicted molar refractivity (Wildman–Crippen MR) is 211 cm³/mol. The molecule has 12 heteroatoms. The van der Waals surface area contributed by atoms with Crippen molar-refractivity contribution in [3.8, 4) is 0 Å². The Morgan fingerprint density at radius 2 is 1.13 bits per heavy atom. The van der Waals surface area contributed by atoms with Gasteiger partial charge in [0.05, 0.1) is 24.9 Å². The zero-order valence-electron chi connectivity index (χ0n) is 32.5. The summed E-state index contributed by atoms with van der Waals surface area (Å²) in [6.07, 6.45) is 33.2. The van der Waals surface area contributed by atoms with E-state index in [2.05, 4.69) is 11.4 Å². The van der Waals surface area contributed by atoms with Crippen molar-refractivity contribution < 1.29 is 53.3 Å². The van der Waals surface area contributed by atoms with Crippen LogP contribution in [0.2, 0.25) is 0 Å². The molecule has 0 aromatic carbocycles. The first-order valence-corrected chi connectivity index (χ1v) is 21.4. The predicted octanol–water partition coefficient (Wildman–Crippen LogP) is 8.65. The van der Waals surface area contributed by atoms with Crippen molar-refractivity contribution in [1.82, 2.24) is 0 Å². The summed E-state index contributed by atoms with van der Waals surface area (Å²) in [7, 11) is -4.85. The van der Waals surface area contributed by atoms with Crippen molar-refractivity contribution in [3.05, 3.63) is 60.8 Å². The molecule has 0 aliphatic carbocycles. The van der Waals surface area contributed by atoms with Crippen molar-refractivity contribution in [1.29, 1.82) is 0 Å². The van der Waals surface area contributed by atoms with Crippen LogP contribution in [-0.2, 0) is 28.2 Å². The number of allylic oxidation sites excluding steroid dienone is 7. The summed E-state index contributed by atoms with van der Waals surface area (Å²) in [6.45, 7) is 3.20. The molecule has 11 nitrogen and oxygen atoms in total. The van der Waals surface area contributed by atoms with Gasteiger partial charge in [-0.15, -0.1) is 0 Å². The first kappa shape index (κ1) is 50.6. The second-order valence-corrected chi connectivity index (χ2v) is 14.7. The summed E-state index contributed by atoms with van der Waals surface area (Å²) in [5.41, 5.74) is 0. The van der Waals surface area contributed by atoms with Gasteiger partial charge in [0.2, 0.25) is 0 Å². The van der Waals surface area contributed by atoms with E-state index in [0.29, 0.717) is 12.8 Å². The first-order chi connectivity index (χ1) is 25.5. The Morgan fingerprint density at radius 3 is 1.68 bits per heavy atom. The lowest BCUT2D eigenvalue weighted by Crippen LogP contribution is -2.29. The number of ether oxygens (including phenoxy) is 2. The van der Waals surface area contributed by atoms with Crippen LogP contribution in [0.3, 0.4) is 0 Å². The van der Waals surface area contributed by atoms with Crippen LogP contribution in [0.4, 0.5) is 0 Å². The van der Waals surface area contributed by atoms with E-state index >= 15 is 0 Å². The zero-order valence-corrected chi connectivity index (χ0v) is 33.4. The number of carbonyl (C=O) groups excluding carboxylic acids is 2. The first-order valence-electron chi connectivity index (χ1n) is 19.9. The fourth-order valence-electron chi connectivity index (χ4n) is 5.30. The standard InChI is InChI=1S/C41H71O11P/c1-3-5-7-8-9-10-11-12-13-14-15-16-17-22-26-32-40(45)50-34-37(35-51-53(47,48)49)52-41(46)33-27-31-39(44)38(43)30-25-21-19-18-20-24-29-36(42)28-23-6-4-2/h6,18-21,23-25,29-30,36-39,42-44H,3-5,7-17,22,26-28,31-35H2,1-2H3,(H2,47,48,49)/b20-18+,21-19-,23-6-,29-24+,30-25-/t36-,37+,38+,39+/m0/s1. The minimum absolute atomic E-state index is 0.0860. The van der Waals surface area contributed by atoms with E-state index in [1.807, 2.05) is 19.1 Å². The summed E-state index contributed by atoms with van der Waals surface area (Å²) in [6, 6.07) is 0. The molecule has 0 amide bonds. The topological polar surface area (TPSA) is 180 Å². The second-order valence-electron chi connectivity index (χ2n) is 13.5. The molecule has 0 heterocycles. The number of carbonyl (C=O) groups is 2. The minimum Gasteiger partial charge on any atom is -0.462 e. The maximum Gasteiger partial charge on any atom is 0.469 e. The van der Waals surface area contributed by atoms with Gasteiger partial charge < -0.3 is 34.6 Å². The molecule has 53 heavy (non-hydrogen) atoms. The molecule has 0 saturated carbocycles. The number of phosphoric ester groups is 1. The van der Waals surface area contributed by atoms with Crippen molar-refractivity contribution >= 4 is 19.8 Å². The third kappa shape index (κ3) is 36.4. The Hall–Kier alpha value is -2.37. The summed E-state index contributed by atoms with van der Waals surface area (Å²) >= 11 is 0. The van der Waals surface area contributed by atoms with Crippen molar-refractivity contribution in [2.75, 3.05) is 13.2 Å². The molecule has 0 aromatic heterocycles. The Kier molecular flexibility index (Phi) is 33.8. The summed E-state index contributed by atoms with van der Waals surface area (Å²) in [4.78, 5) is 42.8. The lowest BCUT2D eigenvalue weighted by Gasteiger charge is -2.19. The number of unbranched alkanes of at least 4 members (excludes halogenated alkanes) is 14. The maximum absolute atomic E-state index is 12.4. The van der Waals surface area contributed by atoms with E-state index in [1.165, 1.54) is 76.7 Å². The number of esters is 2. The molecule has 0 aliphatic rings. The molecule has 0 unspecified atom stereocenters. The SMILES string of the molecule is CC/C=C\C[C@H](O)/C=C/C=C/C=C\C=C/[C@@H](O)[C@H](O)CCCC(=O)O[C@H](COC(=O)CCCCCCCCCCCCCCCCC)COP(=O)(O)O. The molecular formula is C41H71O11P. The quantitative estimate of drug-likeness (QED) is 0.0137. The van der Waals surface area contributed by atoms with Gasteiger partial charge in [-0.1, -0.05) is 164 Å². The van der Waals surface area contributed by atoms with Gasteiger partial charge >= 0.3 is 19.8 Å². The summed E-state index contributed by atoms with van der Waals surface area (Å²) in [5.74, 6) is -1.22. The van der Waals surface area contributed by atoms with Crippen molar-refractivity contribution in [2.45, 2.75) is 173 Å². The van der Waals surface area contributed by atoms with Crippen molar-refractivity contribution in [3.63, 3.8) is 0 Å². The average molecular weight is 771 g/mol. The van der Waals surface area contributed by atoms with Gasteiger partial charge in [-0.25, -0.2) is 4.57 Å². The molecule has 5 N–H and O–H groups in total. The third-order valence-electron chi connectivity index (χ3n) is 8.39. The fourth-order valence-corrected chi connectivity index (χ4v) is 5.66. The molecule has 0 bridgehead atoms. The smallest absolute Gasteiger partial charge is 0.462 e. The highest BCUT2D eigenvalue weighted by Crippen LogP contribution is 2.36. The second kappa shape index (κ2) is 35.3. The molecule has 0 aromatic rings. The number of phosphoric acid groups is 1. The van der Waals surface area contributed by atoms with Gasteiger partial charge in [0.25, 0.3) is 0 Å². The van der Waals surface area contributed by atoms with Crippen LogP contribution in [0.25, 0.3) is 0 Å². The molecule has 0 fully saturated rings. The van der Waals surface area contributed by atoms with Gasteiger partial charge in [-0.05, 0) is 32.1 Å². The van der Waals surface area contributed by atoms with Crippen LogP contribution in [0, 0.1) is 0 Å². The van der Waals surface area contributed by atoms with E-state index in [0.717, 1.165) is 25.7 Å². The van der Waals surface area contributed by atoms with Crippen LogP contribution in [0.1, 0.15) is 149 Å². The van der Waals surface area contributed by atoms with E-state index < -0.39 is 57.4 Å². The highest BCUT2D eigenvalue weighted by atomic mass is 31.2. The monoisotopic (exact) mass is 770 g/mol. The lowest BCUT2D eigenvalue weighted by molar-refractivity contribution is -0.161. The lowest BCUT2D eigenvalue weighted by atomic mass is 10.0. The van der Waals surface area contributed by atoms with Crippen molar-refractivity contribution in [2.24, 2.45) is 0 Å². The number of hydrogen-bond donors (Lipinski definition) is 5. The maximum atomic E-state index is 12.4. The van der Waals surface area contributed by atoms with E-state index in [-0.39, 0.29) is 25.7 Å². The molecule has 0 rings (SSSR count). The largest absolute Gasteiger partial charge is 0.469 e. The Morgan fingerprint density at radius 1 is 0.623 bits per heavy atom. The summed E-state index contributed by atoms with van der Waals surface area (Å²) in [5, 5.41) is 30.2. The molecule has 0 radical (unpaired) electrons. The van der Waals surface area contributed by atoms with E-state index in [4.69, 9.17) is 19.3 Å². The highest BCUT2D eigenvalue weighted by molar-refractivity contribution is 7.46. The fraction of sp³-hybridized carbons (Fsp3) is 0.707. The van der Waals surface area contributed by atoms with Crippen LogP contribution >= 0.6 is 7.82 Å². The third-order valence-corrected chi connectivity index (χ3v) is 8.88. The molecule has 0 saturated heterocycles. The van der Waals surface area contributed by atoms with Crippen LogP contribution < -0.4 is 0 Å². The van der Waals surface area contributed by atoms with Crippen LogP contribution in [0.5, 0.6) is 0 Å². The van der Waals surface area contributed by atoms with Crippen LogP contribution in [-0.4, -0.2) is 74.7 Å². The van der Waals surface area contributed by atoms with Gasteiger partial charge in [-0.3, -0.25) is 14.1 Å². The van der Waals surface area contributed by atoms with Gasteiger partial charge in [0.15, 0.2) is 6.10 Å². The minimum atomic E-state index is -4.85. The van der Waals surface area contributed by atoms with Crippen LogP contribution in [0.15, 0.2) is 60.8 Å².